The fourth-order valence-corrected chi connectivity index (χ4v) is 0.246. The van der Waals surface area contributed by atoms with E-state index in [9.17, 15) is 18.0 Å². The summed E-state index contributed by atoms with van der Waals surface area (Å²) in [6, 6.07) is 0. The van der Waals surface area contributed by atoms with Crippen LogP contribution in [0.3, 0.4) is 0 Å². The van der Waals surface area contributed by atoms with Crippen molar-refractivity contribution < 1.29 is 58.9 Å². The maximum Gasteiger partial charge on any atom is 1.00 e. The quantitative estimate of drug-likeness (QED) is 0.534. The second-order valence-corrected chi connectivity index (χ2v) is 2.02. The van der Waals surface area contributed by atoms with Crippen LogP contribution in [-0.4, -0.2) is 23.2 Å². The number of primary amides is 1. The Morgan fingerprint density at radius 2 is 1.71 bits per heavy atom. The standard InChI is InChI=1S/C4H9NO.C2HF3O2.Na.H/c1-2-3-4(5)6;3-2(4,5)1(6)7;;/h2-3H2,1H3,(H2,5,6);(H,6,7);;/q;;+1;-1. The first-order valence-corrected chi connectivity index (χ1v) is 3.30. The van der Waals surface area contributed by atoms with Gasteiger partial charge < -0.3 is 12.3 Å². The number of nitrogens with two attached hydrogens (primary N) is 1. The molecular weight excluding hydrogens is 214 g/mol. The van der Waals surface area contributed by atoms with Gasteiger partial charge in [-0.3, -0.25) is 4.79 Å². The summed E-state index contributed by atoms with van der Waals surface area (Å²) >= 11 is 0. The van der Waals surface area contributed by atoms with Crippen molar-refractivity contribution in [2.45, 2.75) is 25.9 Å². The number of amides is 1. The predicted molar refractivity (Wildman–Crippen MR) is 38.9 cm³/mol. The fraction of sp³-hybridized carbons (Fsp3) is 0.667. The molecule has 0 heterocycles. The van der Waals surface area contributed by atoms with E-state index >= 15 is 0 Å². The molecule has 3 N–H and O–H groups in total. The number of carboxylic acid groups (broad SMARTS) is 1. The Morgan fingerprint density at radius 1 is 1.43 bits per heavy atom. The number of halogens is 3. The first kappa shape index (κ1) is 19.3. The van der Waals surface area contributed by atoms with Gasteiger partial charge in [-0.2, -0.15) is 13.2 Å². The summed E-state index contributed by atoms with van der Waals surface area (Å²) in [4.78, 5) is 18.7. The van der Waals surface area contributed by atoms with Crippen LogP contribution in [0.25, 0.3) is 0 Å². The number of carbonyl (C=O) groups excluding carboxylic acids is 1. The van der Waals surface area contributed by atoms with Crippen LogP contribution in [0.4, 0.5) is 13.2 Å². The largest absolute Gasteiger partial charge is 1.00 e. The van der Waals surface area contributed by atoms with E-state index in [1.54, 1.807) is 0 Å². The van der Waals surface area contributed by atoms with E-state index in [1.165, 1.54) is 0 Å². The number of carboxylic acids is 1. The molecule has 0 aromatic heterocycles. The van der Waals surface area contributed by atoms with Crippen LogP contribution in [-0.2, 0) is 9.59 Å². The molecule has 8 heteroatoms. The topological polar surface area (TPSA) is 80.4 Å². The van der Waals surface area contributed by atoms with Crippen molar-refractivity contribution in [3.05, 3.63) is 0 Å². The van der Waals surface area contributed by atoms with E-state index in [1.807, 2.05) is 6.92 Å². The number of carbonyl (C=O) groups is 2. The molecule has 0 rings (SSSR count). The monoisotopic (exact) mass is 225 g/mol. The maximum atomic E-state index is 10.6. The molecule has 0 bridgehead atoms. The summed E-state index contributed by atoms with van der Waals surface area (Å²) in [6.45, 7) is 1.92. The molecule has 0 aliphatic carbocycles. The first-order valence-electron chi connectivity index (χ1n) is 3.30. The number of aliphatic carboxylic acids is 1. The molecule has 0 radical (unpaired) electrons. The van der Waals surface area contributed by atoms with Gasteiger partial charge in [-0.1, -0.05) is 6.92 Å². The molecule has 0 aliphatic rings. The van der Waals surface area contributed by atoms with Crippen molar-refractivity contribution in [1.82, 2.24) is 0 Å². The zero-order chi connectivity index (χ0) is 11.1. The van der Waals surface area contributed by atoms with Crippen LogP contribution in [0.15, 0.2) is 0 Å². The summed E-state index contributed by atoms with van der Waals surface area (Å²) in [5.41, 5.74) is 4.76. The summed E-state index contributed by atoms with van der Waals surface area (Å²) in [5.74, 6) is -2.97. The van der Waals surface area contributed by atoms with Gasteiger partial charge in [0.2, 0.25) is 5.91 Å². The van der Waals surface area contributed by atoms with E-state index in [-0.39, 0.29) is 36.9 Å². The third-order valence-corrected chi connectivity index (χ3v) is 0.739. The van der Waals surface area contributed by atoms with E-state index in [2.05, 4.69) is 0 Å². The average Bonchev–Trinajstić information content (AvgIpc) is 1.85. The van der Waals surface area contributed by atoms with Gasteiger partial charge in [0.1, 0.15) is 0 Å². The van der Waals surface area contributed by atoms with Crippen molar-refractivity contribution in [3.8, 4) is 0 Å². The molecule has 0 aromatic carbocycles. The summed E-state index contributed by atoms with van der Waals surface area (Å²) in [5, 5.41) is 7.12. The summed E-state index contributed by atoms with van der Waals surface area (Å²) < 4.78 is 31.7. The number of hydrogen-bond acceptors (Lipinski definition) is 2. The Morgan fingerprint density at radius 3 is 1.71 bits per heavy atom. The van der Waals surface area contributed by atoms with Crippen molar-refractivity contribution in [1.29, 1.82) is 0 Å². The maximum absolute atomic E-state index is 10.6. The van der Waals surface area contributed by atoms with Gasteiger partial charge in [-0.25, -0.2) is 4.79 Å². The fourth-order valence-electron chi connectivity index (χ4n) is 0.246. The van der Waals surface area contributed by atoms with Gasteiger partial charge in [0.15, 0.2) is 0 Å². The minimum absolute atomic E-state index is 0. The van der Waals surface area contributed by atoms with Crippen molar-refractivity contribution in [2.24, 2.45) is 5.73 Å². The molecule has 0 saturated heterocycles. The molecule has 0 aromatic rings. The Bertz CT molecular complexity index is 189. The first-order chi connectivity index (χ1) is 5.71. The van der Waals surface area contributed by atoms with Crippen molar-refractivity contribution in [3.63, 3.8) is 0 Å². The van der Waals surface area contributed by atoms with Crippen molar-refractivity contribution >= 4 is 11.9 Å². The molecule has 0 fully saturated rings. The van der Waals surface area contributed by atoms with Crippen LogP contribution in [0.2, 0.25) is 0 Å². The molecule has 1 amide bonds. The normalized spacial score (nSPS) is 9.14. The van der Waals surface area contributed by atoms with E-state index in [4.69, 9.17) is 15.6 Å². The third-order valence-electron chi connectivity index (χ3n) is 0.739. The van der Waals surface area contributed by atoms with Gasteiger partial charge >= 0.3 is 41.7 Å². The predicted octanol–water partition coefficient (Wildman–Crippen LogP) is -1.98. The smallest absolute Gasteiger partial charge is 1.00 e. The van der Waals surface area contributed by atoms with Crippen LogP contribution >= 0.6 is 0 Å². The molecular formula is C6H11F3NNaO3. The molecule has 0 atom stereocenters. The van der Waals surface area contributed by atoms with Crippen LogP contribution in [0.5, 0.6) is 0 Å². The van der Waals surface area contributed by atoms with Crippen LogP contribution < -0.4 is 35.3 Å². The Hall–Kier alpha value is -0.270. The zero-order valence-electron chi connectivity index (χ0n) is 8.89. The Kier molecular flexibility index (Phi) is 12.8. The second kappa shape index (κ2) is 9.29. The molecule has 0 aliphatic heterocycles. The SMILES string of the molecule is CCCC(N)=O.O=C(O)C(F)(F)F.[H-].[Na+]. The van der Waals surface area contributed by atoms with Gasteiger partial charge in [0.05, 0.1) is 0 Å². The Balaban J connectivity index is -0.0000000718. The number of alkyl halides is 3. The minimum Gasteiger partial charge on any atom is -1.00 e. The molecule has 0 unspecified atom stereocenters. The minimum atomic E-state index is -5.08. The number of hydrogen-bond donors (Lipinski definition) is 2. The van der Waals surface area contributed by atoms with Crippen LogP contribution in [0.1, 0.15) is 21.2 Å². The van der Waals surface area contributed by atoms with E-state index in [0.717, 1.165) is 6.42 Å². The average molecular weight is 225 g/mol. The van der Waals surface area contributed by atoms with E-state index < -0.39 is 12.1 Å². The second-order valence-electron chi connectivity index (χ2n) is 2.02. The third kappa shape index (κ3) is 17.7. The Labute approximate surface area is 102 Å². The molecule has 4 nitrogen and oxygen atoms in total. The summed E-state index contributed by atoms with van der Waals surface area (Å²) in [6.07, 6.45) is -3.71. The molecule has 0 spiro atoms. The van der Waals surface area contributed by atoms with Gasteiger partial charge in [-0.05, 0) is 6.42 Å². The van der Waals surface area contributed by atoms with Gasteiger partial charge in [0, 0.05) is 6.42 Å². The van der Waals surface area contributed by atoms with E-state index in [0.29, 0.717) is 6.42 Å². The molecule has 14 heavy (non-hydrogen) atoms. The zero-order valence-corrected chi connectivity index (χ0v) is 9.89. The van der Waals surface area contributed by atoms with Crippen LogP contribution in [0, 0.1) is 0 Å². The number of rotatable bonds is 2. The summed E-state index contributed by atoms with van der Waals surface area (Å²) in [7, 11) is 0. The van der Waals surface area contributed by atoms with Crippen molar-refractivity contribution in [2.75, 3.05) is 0 Å². The van der Waals surface area contributed by atoms with Gasteiger partial charge in [-0.15, -0.1) is 0 Å². The molecule has 80 valence electrons. The molecule has 0 saturated carbocycles. The van der Waals surface area contributed by atoms with Gasteiger partial charge in [0.25, 0.3) is 0 Å².